The lowest BCUT2D eigenvalue weighted by Crippen LogP contribution is -2.51. The molecular formula is C11H17FN3O8P. The summed E-state index contributed by atoms with van der Waals surface area (Å²) in [5.74, 6) is -2.35. The highest BCUT2D eigenvalue weighted by atomic mass is 31.2. The third kappa shape index (κ3) is 3.35. The van der Waals surface area contributed by atoms with Crippen LogP contribution in [0.1, 0.15) is 13.2 Å². The van der Waals surface area contributed by atoms with Crippen molar-refractivity contribution in [3.63, 3.8) is 0 Å². The molecule has 1 aromatic heterocycles. The van der Waals surface area contributed by atoms with E-state index in [1.54, 1.807) is 0 Å². The van der Waals surface area contributed by atoms with Crippen molar-refractivity contribution in [2.45, 2.75) is 30.7 Å². The summed E-state index contributed by atoms with van der Waals surface area (Å²) in [6.07, 6.45) is -2.63. The summed E-state index contributed by atoms with van der Waals surface area (Å²) in [7, 11) is -3.92. The Hall–Kier alpha value is -1.40. The fourth-order valence-electron chi connectivity index (χ4n) is 2.37. The summed E-state index contributed by atoms with van der Waals surface area (Å²) in [4.78, 5) is 32.9. The molecule has 13 heteroatoms. The quantitative estimate of drug-likeness (QED) is 0.468. The number of ether oxygens (including phenoxy) is 2. The van der Waals surface area contributed by atoms with Crippen molar-refractivity contribution in [3.8, 4) is 0 Å². The fraction of sp³-hybridized carbons (Fsp3) is 0.636. The van der Waals surface area contributed by atoms with Crippen LogP contribution in [0.25, 0.3) is 0 Å². The Morgan fingerprint density at radius 2 is 2.21 bits per heavy atom. The summed E-state index contributed by atoms with van der Waals surface area (Å²) in [5.41, 5.74) is 1.84. The highest BCUT2D eigenvalue weighted by Gasteiger charge is 2.64. The average Bonchev–Trinajstić information content (AvgIpc) is 2.66. The molecule has 0 aromatic carbocycles. The molecule has 0 saturated carbocycles. The van der Waals surface area contributed by atoms with Gasteiger partial charge in [0.2, 0.25) is 5.79 Å². The number of aromatic nitrogens is 2. The van der Waals surface area contributed by atoms with Crippen molar-refractivity contribution >= 4 is 13.6 Å². The molecule has 2 heterocycles. The maximum Gasteiger partial charge on any atom is 0.469 e. The van der Waals surface area contributed by atoms with Crippen molar-refractivity contribution in [3.05, 3.63) is 22.7 Å². The molecule has 4 atom stereocenters. The zero-order valence-electron chi connectivity index (χ0n) is 12.7. The van der Waals surface area contributed by atoms with Gasteiger partial charge in [-0.15, -0.1) is 0 Å². The highest BCUT2D eigenvalue weighted by Crippen LogP contribution is 2.48. The number of nitrogen functional groups attached to an aromatic ring is 1. The molecule has 136 valence electrons. The van der Waals surface area contributed by atoms with Crippen molar-refractivity contribution in [1.82, 2.24) is 9.55 Å². The Kier molecular flexibility index (Phi) is 4.85. The van der Waals surface area contributed by atoms with Crippen LogP contribution in [-0.2, 0) is 18.6 Å². The number of phosphoric acid groups is 1. The number of phosphoric ester groups is 1. The summed E-state index contributed by atoms with van der Waals surface area (Å²) in [5, 5.41) is 10.2. The van der Waals surface area contributed by atoms with Crippen molar-refractivity contribution < 1.29 is 37.8 Å². The van der Waals surface area contributed by atoms with Gasteiger partial charge in [-0.2, -0.15) is 4.98 Å². The second-order valence-corrected chi connectivity index (χ2v) is 6.59. The first kappa shape index (κ1) is 18.9. The summed E-state index contributed by atoms with van der Waals surface area (Å²) < 4.78 is 41.1. The minimum absolute atomic E-state index is 0.0989. The van der Waals surface area contributed by atoms with E-state index in [4.69, 9.17) is 25.0 Å². The van der Waals surface area contributed by atoms with Crippen LogP contribution in [0.4, 0.5) is 10.2 Å². The number of rotatable bonds is 5. The van der Waals surface area contributed by atoms with Crippen LogP contribution in [0, 0.1) is 0 Å². The van der Waals surface area contributed by atoms with Gasteiger partial charge in [-0.3, -0.25) is 9.09 Å². The molecule has 11 nitrogen and oxygen atoms in total. The Labute approximate surface area is 135 Å². The molecule has 0 amide bonds. The van der Waals surface area contributed by atoms with Crippen LogP contribution in [0.5, 0.6) is 0 Å². The lowest BCUT2D eigenvalue weighted by Gasteiger charge is -2.30. The van der Waals surface area contributed by atoms with Crippen LogP contribution in [0.2, 0.25) is 0 Å². The first-order valence-electron chi connectivity index (χ1n) is 6.57. The molecule has 1 aromatic rings. The fourth-order valence-corrected chi connectivity index (χ4v) is 2.72. The predicted molar refractivity (Wildman–Crippen MR) is 76.3 cm³/mol. The second-order valence-electron chi connectivity index (χ2n) is 5.35. The van der Waals surface area contributed by atoms with Crippen LogP contribution < -0.4 is 11.4 Å². The molecule has 0 radical (unpaired) electrons. The number of methoxy groups -OCH3 is 1. The van der Waals surface area contributed by atoms with Crippen LogP contribution in [-0.4, -0.2) is 55.7 Å². The zero-order chi connectivity index (χ0) is 18.3. The van der Waals surface area contributed by atoms with Gasteiger partial charge in [0.25, 0.3) is 0 Å². The van der Waals surface area contributed by atoms with Gasteiger partial charge >= 0.3 is 13.5 Å². The number of nitrogens with two attached hydrogens (primary N) is 1. The predicted octanol–water partition coefficient (Wildman–Crippen LogP) is -1.10. The van der Waals surface area contributed by atoms with Crippen molar-refractivity contribution in [1.29, 1.82) is 0 Å². The number of hydrogen-bond acceptors (Lipinski definition) is 8. The third-order valence-electron chi connectivity index (χ3n) is 3.63. The van der Waals surface area contributed by atoms with Gasteiger partial charge in [-0.1, -0.05) is 0 Å². The smallest absolute Gasteiger partial charge is 0.384 e. The van der Waals surface area contributed by atoms with Gasteiger partial charge in [0.1, 0.15) is 18.5 Å². The number of hydrogen-bond donors (Lipinski definition) is 4. The molecule has 1 unspecified atom stereocenters. The van der Waals surface area contributed by atoms with E-state index in [-0.39, 0.29) is 5.82 Å². The van der Waals surface area contributed by atoms with Gasteiger partial charge in [-0.25, -0.2) is 13.8 Å². The van der Waals surface area contributed by atoms with Gasteiger partial charge in [-0.05, 0) is 13.0 Å². The molecule has 0 bridgehead atoms. The summed E-state index contributed by atoms with van der Waals surface area (Å²) >= 11 is 0. The largest absolute Gasteiger partial charge is 0.469 e. The van der Waals surface area contributed by atoms with E-state index in [1.165, 1.54) is 6.07 Å². The number of aliphatic hydroxyl groups excluding tert-OH is 1. The monoisotopic (exact) mass is 369 g/mol. The first-order valence-corrected chi connectivity index (χ1v) is 8.11. The Morgan fingerprint density at radius 3 is 2.71 bits per heavy atom. The van der Waals surface area contributed by atoms with E-state index in [2.05, 4.69) is 9.51 Å². The van der Waals surface area contributed by atoms with E-state index in [0.717, 1.165) is 24.8 Å². The molecule has 5 N–H and O–H groups in total. The Balaban J connectivity index is 2.42. The highest BCUT2D eigenvalue weighted by molar-refractivity contribution is 7.46. The van der Waals surface area contributed by atoms with E-state index >= 15 is 4.39 Å². The van der Waals surface area contributed by atoms with Gasteiger partial charge in [0.15, 0.2) is 11.9 Å². The molecular weight excluding hydrogens is 352 g/mol. The Morgan fingerprint density at radius 1 is 1.58 bits per heavy atom. The standard InChI is InChI=1S/C11H17FN3O8P/c1-10(12)7(16)11(21-2,5-22-24(18,19)20)23-8(10)15-4-3-6(13)14-9(15)17/h3-4,7-8,16H,5H2,1-2H3,(H2,13,14,17)(H2,18,19,20)/t7-,8?,10+,11+/m0/s1. The number of nitrogens with zero attached hydrogens (tertiary/aromatic N) is 2. The van der Waals surface area contributed by atoms with E-state index in [0.29, 0.717) is 0 Å². The van der Waals surface area contributed by atoms with Crippen LogP contribution in [0.3, 0.4) is 0 Å². The van der Waals surface area contributed by atoms with E-state index in [9.17, 15) is 14.5 Å². The lowest BCUT2D eigenvalue weighted by atomic mass is 9.96. The minimum atomic E-state index is -4.94. The lowest BCUT2D eigenvalue weighted by molar-refractivity contribution is -0.267. The minimum Gasteiger partial charge on any atom is -0.384 e. The van der Waals surface area contributed by atoms with Gasteiger partial charge < -0.3 is 30.1 Å². The van der Waals surface area contributed by atoms with Crippen molar-refractivity contribution in [2.24, 2.45) is 0 Å². The summed E-state index contributed by atoms with van der Waals surface area (Å²) in [6, 6.07) is 1.21. The van der Waals surface area contributed by atoms with E-state index < -0.39 is 43.9 Å². The maximum atomic E-state index is 15.0. The van der Waals surface area contributed by atoms with E-state index in [1.807, 2.05) is 0 Å². The molecule has 1 fully saturated rings. The van der Waals surface area contributed by atoms with Gasteiger partial charge in [0, 0.05) is 13.3 Å². The molecule has 1 saturated heterocycles. The second kappa shape index (κ2) is 6.15. The molecule has 24 heavy (non-hydrogen) atoms. The van der Waals surface area contributed by atoms with Crippen LogP contribution >= 0.6 is 7.82 Å². The molecule has 0 aliphatic carbocycles. The number of aliphatic hydroxyl groups is 1. The SMILES string of the molecule is CO[C@]1(COP(=O)(O)O)OC(n2ccc(N)nc2=O)[C@](C)(F)[C@@H]1O. The number of anilines is 1. The topological polar surface area (TPSA) is 166 Å². The summed E-state index contributed by atoms with van der Waals surface area (Å²) in [6.45, 7) is -0.0501. The third-order valence-corrected chi connectivity index (χ3v) is 4.09. The first-order chi connectivity index (χ1) is 10.9. The molecule has 0 spiro atoms. The number of halogens is 1. The average molecular weight is 369 g/mol. The molecule has 2 rings (SSSR count). The van der Waals surface area contributed by atoms with Crippen molar-refractivity contribution in [2.75, 3.05) is 19.5 Å². The number of alkyl halides is 1. The molecule has 1 aliphatic rings. The maximum absolute atomic E-state index is 15.0. The van der Waals surface area contributed by atoms with Gasteiger partial charge in [0.05, 0.1) is 0 Å². The Bertz CT molecular complexity index is 721. The molecule has 1 aliphatic heterocycles. The van der Waals surface area contributed by atoms with Crippen LogP contribution in [0.15, 0.2) is 17.1 Å². The normalized spacial score (nSPS) is 33.8. The zero-order valence-corrected chi connectivity index (χ0v) is 13.6.